The van der Waals surface area contributed by atoms with Crippen molar-refractivity contribution < 1.29 is 23.5 Å². The van der Waals surface area contributed by atoms with Gasteiger partial charge in [0.1, 0.15) is 16.2 Å². The summed E-state index contributed by atoms with van der Waals surface area (Å²) in [6.07, 6.45) is 0. The molecule has 5 rings (SSSR count). The lowest BCUT2D eigenvalue weighted by Crippen LogP contribution is -2.29. The Labute approximate surface area is 198 Å². The van der Waals surface area contributed by atoms with Gasteiger partial charge in [0.15, 0.2) is 10.6 Å². The van der Waals surface area contributed by atoms with E-state index in [1.165, 1.54) is 12.0 Å². The number of rotatable bonds is 4. The van der Waals surface area contributed by atoms with Gasteiger partial charge in [-0.05, 0) is 43.7 Å². The van der Waals surface area contributed by atoms with E-state index < -0.39 is 17.9 Å². The van der Waals surface area contributed by atoms with E-state index in [2.05, 4.69) is 4.98 Å². The van der Waals surface area contributed by atoms with E-state index >= 15 is 0 Å². The lowest BCUT2D eigenvalue weighted by molar-refractivity contribution is 0.0605. The second kappa shape index (κ2) is 8.11. The number of aryl methyl sites for hydroxylation is 2. The van der Waals surface area contributed by atoms with Gasteiger partial charge >= 0.3 is 5.97 Å². The molecule has 0 N–H and O–H groups in total. The molecule has 172 valence electrons. The smallest absolute Gasteiger partial charge is 0.350 e. The third kappa shape index (κ3) is 3.28. The fraction of sp³-hybridized carbons (Fsp3) is 0.200. The Morgan fingerprint density at radius 3 is 2.65 bits per heavy atom. The molecule has 8 nitrogen and oxygen atoms in total. The van der Waals surface area contributed by atoms with Gasteiger partial charge in [-0.1, -0.05) is 35.1 Å². The van der Waals surface area contributed by atoms with Crippen molar-refractivity contribution >= 4 is 39.3 Å². The average molecular weight is 477 g/mol. The Bertz CT molecular complexity index is 1540. The van der Waals surface area contributed by atoms with Crippen molar-refractivity contribution in [1.29, 1.82) is 0 Å². The van der Waals surface area contributed by atoms with Crippen LogP contribution in [0.2, 0.25) is 0 Å². The summed E-state index contributed by atoms with van der Waals surface area (Å²) in [5, 5.41) is 0.661. The van der Waals surface area contributed by atoms with Crippen molar-refractivity contribution in [3.8, 4) is 5.75 Å². The highest BCUT2D eigenvalue weighted by Crippen LogP contribution is 2.43. The molecule has 1 aliphatic rings. The highest BCUT2D eigenvalue weighted by Gasteiger charge is 2.45. The van der Waals surface area contributed by atoms with Gasteiger partial charge in [0.25, 0.3) is 5.91 Å². The van der Waals surface area contributed by atoms with Gasteiger partial charge in [-0.2, -0.15) is 0 Å². The van der Waals surface area contributed by atoms with Crippen LogP contribution in [0.3, 0.4) is 0 Å². The fourth-order valence-electron chi connectivity index (χ4n) is 4.18. The van der Waals surface area contributed by atoms with Gasteiger partial charge in [-0.3, -0.25) is 14.5 Å². The zero-order valence-electron chi connectivity index (χ0n) is 18.9. The number of benzene rings is 2. The fourth-order valence-corrected chi connectivity index (χ4v) is 5.19. The molecule has 1 aliphatic heterocycles. The lowest BCUT2D eigenvalue weighted by Gasteiger charge is -2.22. The number of methoxy groups -OCH3 is 2. The number of thiazole rings is 1. The van der Waals surface area contributed by atoms with Crippen LogP contribution in [0.4, 0.5) is 5.13 Å². The van der Waals surface area contributed by atoms with E-state index in [9.17, 15) is 14.4 Å². The number of hydrogen-bond acceptors (Lipinski definition) is 8. The molecule has 34 heavy (non-hydrogen) atoms. The first kappa shape index (κ1) is 21.8. The predicted molar refractivity (Wildman–Crippen MR) is 127 cm³/mol. The molecule has 0 bridgehead atoms. The van der Waals surface area contributed by atoms with E-state index in [1.807, 2.05) is 19.1 Å². The van der Waals surface area contributed by atoms with E-state index in [-0.39, 0.29) is 26.8 Å². The third-order valence-electron chi connectivity index (χ3n) is 5.80. The van der Waals surface area contributed by atoms with Crippen molar-refractivity contribution in [2.45, 2.75) is 19.9 Å². The molecule has 0 fully saturated rings. The van der Waals surface area contributed by atoms with E-state index in [1.54, 1.807) is 44.4 Å². The first-order chi connectivity index (χ1) is 16.3. The first-order valence-corrected chi connectivity index (χ1v) is 11.3. The maximum absolute atomic E-state index is 13.7. The maximum atomic E-state index is 13.7. The normalized spacial score (nSPS) is 15.0. The predicted octanol–water partition coefficient (Wildman–Crippen LogP) is 4.41. The zero-order valence-corrected chi connectivity index (χ0v) is 19.7. The maximum Gasteiger partial charge on any atom is 0.350 e. The Morgan fingerprint density at radius 2 is 1.91 bits per heavy atom. The van der Waals surface area contributed by atoms with E-state index in [0.717, 1.165) is 16.9 Å². The Hall–Kier alpha value is -3.98. The van der Waals surface area contributed by atoms with Crippen LogP contribution in [0.5, 0.6) is 5.75 Å². The van der Waals surface area contributed by atoms with Crippen LogP contribution in [0.25, 0.3) is 11.0 Å². The second-order valence-corrected chi connectivity index (χ2v) is 8.91. The third-order valence-corrected chi connectivity index (χ3v) is 6.93. The number of hydrogen-bond donors (Lipinski definition) is 0. The molecule has 0 aliphatic carbocycles. The van der Waals surface area contributed by atoms with E-state index in [0.29, 0.717) is 28.0 Å². The number of anilines is 1. The monoisotopic (exact) mass is 476 g/mol. The van der Waals surface area contributed by atoms with Gasteiger partial charge in [-0.25, -0.2) is 9.78 Å². The minimum Gasteiger partial charge on any atom is -0.497 e. The Balaban J connectivity index is 1.79. The molecule has 1 amide bonds. The molecule has 9 heteroatoms. The molecule has 1 unspecified atom stereocenters. The highest BCUT2D eigenvalue weighted by atomic mass is 32.1. The number of nitrogens with zero attached hydrogens (tertiary/aromatic N) is 2. The second-order valence-electron chi connectivity index (χ2n) is 7.93. The summed E-state index contributed by atoms with van der Waals surface area (Å²) in [6.45, 7) is 3.55. The van der Waals surface area contributed by atoms with Crippen LogP contribution >= 0.6 is 11.3 Å². The SMILES string of the molecule is COC(=O)c1sc(N2C(=O)c3oc4ccc(C)cc4c(=O)c3C2c2cccc(OC)c2)nc1C. The molecule has 0 spiro atoms. The van der Waals surface area contributed by atoms with Crippen LogP contribution in [0.15, 0.2) is 51.7 Å². The average Bonchev–Trinajstić information content (AvgIpc) is 3.36. The summed E-state index contributed by atoms with van der Waals surface area (Å²) >= 11 is 1.03. The van der Waals surface area contributed by atoms with Crippen molar-refractivity contribution in [2.24, 2.45) is 0 Å². The summed E-state index contributed by atoms with van der Waals surface area (Å²) < 4.78 is 16.2. The number of esters is 1. The van der Waals surface area contributed by atoms with Gasteiger partial charge in [0.2, 0.25) is 5.76 Å². The zero-order chi connectivity index (χ0) is 24.1. The summed E-state index contributed by atoms with van der Waals surface area (Å²) in [4.78, 5) is 45.7. The van der Waals surface area contributed by atoms with E-state index in [4.69, 9.17) is 13.9 Å². The minimum absolute atomic E-state index is 0.0401. The van der Waals surface area contributed by atoms with Crippen molar-refractivity contribution in [3.05, 3.63) is 85.7 Å². The van der Waals surface area contributed by atoms with Crippen LogP contribution in [0, 0.1) is 13.8 Å². The quantitative estimate of drug-likeness (QED) is 0.402. The molecule has 1 atom stereocenters. The van der Waals surface area contributed by atoms with Crippen LogP contribution in [-0.4, -0.2) is 31.1 Å². The summed E-state index contributed by atoms with van der Waals surface area (Å²) in [5.74, 6) is -0.516. The molecular weight excluding hydrogens is 456 g/mol. The minimum atomic E-state index is -0.810. The Morgan fingerprint density at radius 1 is 1.12 bits per heavy atom. The summed E-state index contributed by atoms with van der Waals surface area (Å²) in [7, 11) is 2.83. The van der Waals surface area contributed by atoms with Crippen molar-refractivity contribution in [1.82, 2.24) is 4.98 Å². The summed E-state index contributed by atoms with van der Waals surface area (Å²) in [5.41, 5.74) is 2.25. The van der Waals surface area contributed by atoms with Crippen LogP contribution < -0.4 is 15.1 Å². The lowest BCUT2D eigenvalue weighted by atomic mass is 9.98. The Kier molecular flexibility index (Phi) is 5.21. The molecule has 4 aromatic rings. The topological polar surface area (TPSA) is 98.9 Å². The number of carbonyl (C=O) groups is 2. The molecule has 0 saturated heterocycles. The number of fused-ring (bicyclic) bond motifs is 2. The number of ether oxygens (including phenoxy) is 2. The molecule has 2 aromatic heterocycles. The van der Waals surface area contributed by atoms with Crippen molar-refractivity contribution in [2.75, 3.05) is 19.1 Å². The first-order valence-electron chi connectivity index (χ1n) is 10.4. The van der Waals surface area contributed by atoms with Gasteiger partial charge in [0, 0.05) is 0 Å². The van der Waals surface area contributed by atoms with Crippen LogP contribution in [-0.2, 0) is 4.74 Å². The number of aromatic nitrogens is 1. The molecule has 3 heterocycles. The van der Waals surface area contributed by atoms with Gasteiger partial charge < -0.3 is 13.9 Å². The van der Waals surface area contributed by atoms with Crippen LogP contribution in [0.1, 0.15) is 48.7 Å². The number of amides is 1. The van der Waals surface area contributed by atoms with Crippen molar-refractivity contribution in [3.63, 3.8) is 0 Å². The van der Waals surface area contributed by atoms with Gasteiger partial charge in [0.05, 0.1) is 36.9 Å². The van der Waals surface area contributed by atoms with Gasteiger partial charge in [-0.15, -0.1) is 0 Å². The standard InChI is InChI=1S/C25H20N2O6S/c1-12-8-9-17-16(10-12)20(28)18-19(14-6-5-7-15(11-14)31-3)27(23(29)21(18)33-17)25-26-13(2)22(34-25)24(30)32-4/h5-11,19H,1-4H3. The number of carbonyl (C=O) groups excluding carboxylic acids is 2. The molecular formula is C25H20N2O6S. The highest BCUT2D eigenvalue weighted by molar-refractivity contribution is 7.17. The molecule has 0 radical (unpaired) electrons. The largest absolute Gasteiger partial charge is 0.497 e. The summed E-state index contributed by atoms with van der Waals surface area (Å²) in [6, 6.07) is 11.6. The molecule has 0 saturated carbocycles. The molecule has 2 aromatic carbocycles.